The molecule has 0 radical (unpaired) electrons. The molecule has 0 saturated carbocycles. The molecule has 1 aromatic rings. The molecular formula is C7H8BrN3. The fourth-order valence-corrected chi connectivity index (χ4v) is 1.50. The lowest BCUT2D eigenvalue weighted by atomic mass is 10.4. The largest absolute Gasteiger partial charge is 0.397 e. The van der Waals surface area contributed by atoms with Gasteiger partial charge in [0.1, 0.15) is 16.4 Å². The normalized spacial score (nSPS) is 9.55. The first-order valence-electron chi connectivity index (χ1n) is 3.25. The summed E-state index contributed by atoms with van der Waals surface area (Å²) in [6.07, 6.45) is 0. The molecule has 58 valence electrons. The van der Waals surface area contributed by atoms with Crippen molar-refractivity contribution >= 4 is 21.6 Å². The van der Waals surface area contributed by atoms with Crippen LogP contribution in [0.5, 0.6) is 0 Å². The first kappa shape index (κ1) is 8.15. The SMILES string of the molecule is CCn1c(C#N)cc(N)c1Br. The van der Waals surface area contributed by atoms with Gasteiger partial charge < -0.3 is 10.3 Å². The number of nitrogens with two attached hydrogens (primary N) is 1. The van der Waals surface area contributed by atoms with Gasteiger partial charge in [-0.2, -0.15) is 5.26 Å². The van der Waals surface area contributed by atoms with Gasteiger partial charge in [-0.25, -0.2) is 0 Å². The van der Waals surface area contributed by atoms with E-state index in [1.54, 1.807) is 6.07 Å². The van der Waals surface area contributed by atoms with Crippen LogP contribution in [-0.4, -0.2) is 4.57 Å². The summed E-state index contributed by atoms with van der Waals surface area (Å²) in [4.78, 5) is 0. The number of hydrogen-bond acceptors (Lipinski definition) is 2. The van der Waals surface area contributed by atoms with Gasteiger partial charge in [-0.1, -0.05) is 0 Å². The maximum absolute atomic E-state index is 8.64. The Kier molecular flexibility index (Phi) is 2.20. The Morgan fingerprint density at radius 2 is 2.45 bits per heavy atom. The number of hydrogen-bond donors (Lipinski definition) is 1. The van der Waals surface area contributed by atoms with Crippen molar-refractivity contribution in [1.82, 2.24) is 4.57 Å². The van der Waals surface area contributed by atoms with Gasteiger partial charge in [0.05, 0.1) is 5.69 Å². The summed E-state index contributed by atoms with van der Waals surface area (Å²) >= 11 is 3.29. The Balaban J connectivity index is 3.29. The molecular weight excluding hydrogens is 206 g/mol. The Morgan fingerprint density at radius 1 is 1.82 bits per heavy atom. The third-order valence-corrected chi connectivity index (χ3v) is 2.37. The second-order valence-electron chi connectivity index (χ2n) is 2.13. The molecule has 0 aromatic carbocycles. The molecule has 2 N–H and O–H groups in total. The van der Waals surface area contributed by atoms with Crippen LogP contribution in [-0.2, 0) is 6.54 Å². The quantitative estimate of drug-likeness (QED) is 0.773. The molecule has 0 bridgehead atoms. The number of nitrogen functional groups attached to an aromatic ring is 1. The van der Waals surface area contributed by atoms with E-state index in [0.717, 1.165) is 11.1 Å². The van der Waals surface area contributed by atoms with Crippen molar-refractivity contribution in [3.8, 4) is 6.07 Å². The molecule has 1 heterocycles. The van der Waals surface area contributed by atoms with Crippen LogP contribution < -0.4 is 5.73 Å². The predicted molar refractivity (Wildman–Crippen MR) is 46.9 cm³/mol. The highest BCUT2D eigenvalue weighted by Gasteiger charge is 2.07. The summed E-state index contributed by atoms with van der Waals surface area (Å²) < 4.78 is 2.60. The third kappa shape index (κ3) is 1.24. The van der Waals surface area contributed by atoms with Crippen molar-refractivity contribution in [3.63, 3.8) is 0 Å². The summed E-state index contributed by atoms with van der Waals surface area (Å²) in [7, 11) is 0. The molecule has 0 aliphatic heterocycles. The highest BCUT2D eigenvalue weighted by Crippen LogP contribution is 2.23. The van der Waals surface area contributed by atoms with Gasteiger partial charge in [-0.15, -0.1) is 0 Å². The number of aromatic nitrogens is 1. The lowest BCUT2D eigenvalue weighted by Crippen LogP contribution is -1.97. The zero-order chi connectivity index (χ0) is 8.43. The molecule has 1 rings (SSSR count). The fraction of sp³-hybridized carbons (Fsp3) is 0.286. The molecule has 1 aromatic heterocycles. The number of halogens is 1. The summed E-state index contributed by atoms with van der Waals surface area (Å²) in [5, 5.41) is 8.64. The van der Waals surface area contributed by atoms with E-state index in [0.29, 0.717) is 11.4 Å². The van der Waals surface area contributed by atoms with Gasteiger partial charge in [-0.3, -0.25) is 0 Å². The summed E-state index contributed by atoms with van der Waals surface area (Å²) in [5.74, 6) is 0. The molecule has 4 heteroatoms. The third-order valence-electron chi connectivity index (χ3n) is 1.49. The summed E-state index contributed by atoms with van der Waals surface area (Å²) in [5.41, 5.74) is 6.78. The van der Waals surface area contributed by atoms with Crippen molar-refractivity contribution in [2.45, 2.75) is 13.5 Å². The monoisotopic (exact) mass is 213 g/mol. The van der Waals surface area contributed by atoms with Gasteiger partial charge in [0, 0.05) is 6.54 Å². The van der Waals surface area contributed by atoms with Gasteiger partial charge in [0.25, 0.3) is 0 Å². The number of nitriles is 1. The van der Waals surface area contributed by atoms with Gasteiger partial charge >= 0.3 is 0 Å². The maximum atomic E-state index is 8.64. The van der Waals surface area contributed by atoms with Crippen molar-refractivity contribution in [2.75, 3.05) is 5.73 Å². The Morgan fingerprint density at radius 3 is 2.82 bits per heavy atom. The van der Waals surface area contributed by atoms with Crippen molar-refractivity contribution in [3.05, 3.63) is 16.4 Å². The predicted octanol–water partition coefficient (Wildman–Crippen LogP) is 1.72. The van der Waals surface area contributed by atoms with Gasteiger partial charge in [-0.05, 0) is 28.9 Å². The zero-order valence-corrected chi connectivity index (χ0v) is 7.72. The van der Waals surface area contributed by atoms with E-state index in [4.69, 9.17) is 11.0 Å². The van der Waals surface area contributed by atoms with E-state index in [1.165, 1.54) is 0 Å². The van der Waals surface area contributed by atoms with Gasteiger partial charge in [0.2, 0.25) is 0 Å². The molecule has 0 fully saturated rings. The standard InChI is InChI=1S/C7H8BrN3/c1-2-11-5(4-9)3-6(10)7(11)8/h3H,2,10H2,1H3. The van der Waals surface area contributed by atoms with E-state index in [1.807, 2.05) is 11.5 Å². The molecule has 0 aliphatic rings. The minimum Gasteiger partial charge on any atom is -0.397 e. The lowest BCUT2D eigenvalue weighted by Gasteiger charge is -2.00. The van der Waals surface area contributed by atoms with Crippen molar-refractivity contribution < 1.29 is 0 Å². The van der Waals surface area contributed by atoms with Crippen LogP contribution in [0.1, 0.15) is 12.6 Å². The number of rotatable bonds is 1. The molecule has 3 nitrogen and oxygen atoms in total. The minimum atomic E-state index is 0.594. The van der Waals surface area contributed by atoms with Gasteiger partial charge in [0.15, 0.2) is 0 Å². The molecule has 0 atom stereocenters. The molecule has 0 unspecified atom stereocenters. The second-order valence-corrected chi connectivity index (χ2v) is 2.88. The Hall–Kier alpha value is -0.950. The van der Waals surface area contributed by atoms with E-state index in [2.05, 4.69) is 22.0 Å². The van der Waals surface area contributed by atoms with Crippen LogP contribution in [0.2, 0.25) is 0 Å². The van der Waals surface area contributed by atoms with Crippen LogP contribution in [0.25, 0.3) is 0 Å². The van der Waals surface area contributed by atoms with E-state index in [9.17, 15) is 0 Å². The molecule has 0 aliphatic carbocycles. The summed E-state index contributed by atoms with van der Waals surface area (Å²) in [6.45, 7) is 2.71. The molecule has 0 spiro atoms. The zero-order valence-electron chi connectivity index (χ0n) is 6.13. The maximum Gasteiger partial charge on any atom is 0.123 e. The highest BCUT2D eigenvalue weighted by molar-refractivity contribution is 9.10. The van der Waals surface area contributed by atoms with Crippen molar-refractivity contribution in [1.29, 1.82) is 5.26 Å². The molecule has 11 heavy (non-hydrogen) atoms. The topological polar surface area (TPSA) is 54.7 Å². The molecule has 0 amide bonds. The van der Waals surface area contributed by atoms with Crippen LogP contribution in [0.4, 0.5) is 5.69 Å². The first-order valence-corrected chi connectivity index (χ1v) is 4.04. The minimum absolute atomic E-state index is 0.594. The Bertz CT molecular complexity index is 308. The van der Waals surface area contributed by atoms with E-state index in [-0.39, 0.29) is 0 Å². The number of nitrogens with zero attached hydrogens (tertiary/aromatic N) is 2. The second kappa shape index (κ2) is 2.97. The van der Waals surface area contributed by atoms with Crippen LogP contribution in [0, 0.1) is 11.3 Å². The van der Waals surface area contributed by atoms with E-state index < -0.39 is 0 Å². The fourth-order valence-electron chi connectivity index (χ4n) is 0.948. The molecule has 0 saturated heterocycles. The highest BCUT2D eigenvalue weighted by atomic mass is 79.9. The van der Waals surface area contributed by atoms with Crippen LogP contribution in [0.3, 0.4) is 0 Å². The van der Waals surface area contributed by atoms with Crippen LogP contribution in [0.15, 0.2) is 10.7 Å². The van der Waals surface area contributed by atoms with Crippen LogP contribution >= 0.6 is 15.9 Å². The first-order chi connectivity index (χ1) is 5.20. The smallest absolute Gasteiger partial charge is 0.123 e. The average Bonchev–Trinajstić information content (AvgIpc) is 2.28. The van der Waals surface area contributed by atoms with E-state index >= 15 is 0 Å². The average molecular weight is 214 g/mol. The number of anilines is 1. The summed E-state index contributed by atoms with van der Waals surface area (Å²) in [6, 6.07) is 3.72. The Labute approximate surface area is 73.5 Å². The lowest BCUT2D eigenvalue weighted by molar-refractivity contribution is 0.742. The van der Waals surface area contributed by atoms with Crippen molar-refractivity contribution in [2.24, 2.45) is 0 Å².